The Bertz CT molecular complexity index is 1580. The summed E-state index contributed by atoms with van der Waals surface area (Å²) in [6.45, 7) is 7.19. The van der Waals surface area contributed by atoms with Gasteiger partial charge in [0, 0.05) is 12.2 Å². The first-order chi connectivity index (χ1) is 20.5. The van der Waals surface area contributed by atoms with Crippen LogP contribution in [0.5, 0.6) is 5.75 Å². The Balaban J connectivity index is 1.47. The van der Waals surface area contributed by atoms with Crippen LogP contribution in [0.4, 0.5) is 10.5 Å². The first-order valence-corrected chi connectivity index (χ1v) is 14.5. The lowest BCUT2D eigenvalue weighted by atomic mass is 9.96. The highest BCUT2D eigenvalue weighted by atomic mass is 16.5. The molecule has 1 atom stereocenters. The number of hydrogen-bond acceptors (Lipinski definition) is 2. The van der Waals surface area contributed by atoms with E-state index in [-0.39, 0.29) is 12.1 Å². The third-order valence-electron chi connectivity index (χ3n) is 7.70. The monoisotopic (exact) mass is 554 g/mol. The molecule has 4 heteroatoms. The van der Waals surface area contributed by atoms with Gasteiger partial charge in [0.05, 0.1) is 6.04 Å². The van der Waals surface area contributed by atoms with Crippen LogP contribution >= 0.6 is 0 Å². The second-order valence-electron chi connectivity index (χ2n) is 10.8. The zero-order valence-electron chi connectivity index (χ0n) is 24.6. The highest BCUT2D eigenvalue weighted by Gasteiger charge is 2.27. The van der Waals surface area contributed by atoms with Crippen molar-refractivity contribution < 1.29 is 9.53 Å². The Morgan fingerprint density at radius 3 is 1.83 bits per heavy atom. The summed E-state index contributed by atoms with van der Waals surface area (Å²) in [5.74, 6) is 0.797. The maximum Gasteiger partial charge on any atom is 0.322 e. The van der Waals surface area contributed by atoms with E-state index in [1.54, 1.807) is 0 Å². The molecule has 0 saturated carbocycles. The minimum Gasteiger partial charge on any atom is -0.489 e. The van der Waals surface area contributed by atoms with Gasteiger partial charge in [-0.1, -0.05) is 109 Å². The van der Waals surface area contributed by atoms with E-state index in [4.69, 9.17) is 4.74 Å². The second-order valence-corrected chi connectivity index (χ2v) is 10.8. The molecule has 4 nitrogen and oxygen atoms in total. The number of hydrogen-bond donors (Lipinski definition) is 1. The molecule has 42 heavy (non-hydrogen) atoms. The van der Waals surface area contributed by atoms with Gasteiger partial charge in [0.1, 0.15) is 12.4 Å². The highest BCUT2D eigenvalue weighted by Crippen LogP contribution is 2.30. The summed E-state index contributed by atoms with van der Waals surface area (Å²) < 4.78 is 6.07. The van der Waals surface area contributed by atoms with E-state index in [9.17, 15) is 4.79 Å². The average Bonchev–Trinajstić information content (AvgIpc) is 3.02. The van der Waals surface area contributed by atoms with E-state index in [0.717, 1.165) is 39.3 Å². The zero-order valence-corrected chi connectivity index (χ0v) is 24.6. The minimum atomic E-state index is -0.206. The van der Waals surface area contributed by atoms with Crippen LogP contribution in [0.3, 0.4) is 0 Å². The molecule has 0 heterocycles. The number of nitrogens with one attached hydrogen (secondary N) is 1. The van der Waals surface area contributed by atoms with Crippen molar-refractivity contribution in [3.05, 3.63) is 166 Å². The second kappa shape index (κ2) is 13.7. The van der Waals surface area contributed by atoms with Crippen LogP contribution in [0.15, 0.2) is 127 Å². The molecule has 0 radical (unpaired) electrons. The summed E-state index contributed by atoms with van der Waals surface area (Å²) in [4.78, 5) is 16.1. The summed E-state index contributed by atoms with van der Waals surface area (Å²) in [7, 11) is 0. The fourth-order valence-corrected chi connectivity index (χ4v) is 5.16. The molecule has 212 valence electrons. The predicted octanol–water partition coefficient (Wildman–Crippen LogP) is 9.21. The number of anilines is 1. The van der Waals surface area contributed by atoms with Gasteiger partial charge in [-0.05, 0) is 84.3 Å². The quantitative estimate of drug-likeness (QED) is 0.187. The Kier molecular flexibility index (Phi) is 9.35. The third kappa shape index (κ3) is 7.46. The van der Waals surface area contributed by atoms with Crippen LogP contribution in [0.2, 0.25) is 0 Å². The fourth-order valence-electron chi connectivity index (χ4n) is 5.16. The topological polar surface area (TPSA) is 41.6 Å². The summed E-state index contributed by atoms with van der Waals surface area (Å²) in [6, 6.07) is 42.7. The molecule has 0 bridgehead atoms. The van der Waals surface area contributed by atoms with Crippen LogP contribution in [-0.4, -0.2) is 10.9 Å². The van der Waals surface area contributed by atoms with Crippen LogP contribution in [0, 0.1) is 20.8 Å². The third-order valence-corrected chi connectivity index (χ3v) is 7.70. The first-order valence-electron chi connectivity index (χ1n) is 14.5. The lowest BCUT2D eigenvalue weighted by Gasteiger charge is -2.33. The summed E-state index contributed by atoms with van der Waals surface area (Å²) in [5.41, 5.74) is 8.66. The van der Waals surface area contributed by atoms with Gasteiger partial charge in [-0.3, -0.25) is 0 Å². The van der Waals surface area contributed by atoms with Crippen molar-refractivity contribution in [2.75, 3.05) is 5.32 Å². The lowest BCUT2D eigenvalue weighted by Crippen LogP contribution is -2.39. The van der Waals surface area contributed by atoms with E-state index < -0.39 is 0 Å². The smallest absolute Gasteiger partial charge is 0.322 e. The Hall–Kier alpha value is -4.83. The van der Waals surface area contributed by atoms with E-state index in [2.05, 4.69) is 79.8 Å². The van der Waals surface area contributed by atoms with Gasteiger partial charge in [-0.15, -0.1) is 0 Å². The average molecular weight is 555 g/mol. The van der Waals surface area contributed by atoms with Gasteiger partial charge in [-0.2, -0.15) is 0 Å². The molecule has 0 fully saturated rings. The number of ether oxygens (including phenoxy) is 1. The number of carbonyl (C=O) groups excluding carboxylic acids is 1. The molecule has 2 amide bonds. The summed E-state index contributed by atoms with van der Waals surface area (Å²) in [5, 5.41) is 3.25. The SMILES string of the molecule is Cc1cc(C)c(NC(=O)N(Cc2ccccc2)C(Cc2ccccc2)c2ccc(OCc3ccccc3)cc2)cc1C. The molecule has 5 aromatic carbocycles. The summed E-state index contributed by atoms with van der Waals surface area (Å²) >= 11 is 0. The number of nitrogens with zero attached hydrogens (tertiary/aromatic N) is 1. The maximum absolute atomic E-state index is 14.2. The molecule has 0 spiro atoms. The van der Waals surface area contributed by atoms with Gasteiger partial charge in [-0.25, -0.2) is 4.79 Å². The van der Waals surface area contributed by atoms with Gasteiger partial charge in [0.25, 0.3) is 0 Å². The van der Waals surface area contributed by atoms with Crippen molar-refractivity contribution in [2.45, 2.75) is 46.4 Å². The predicted molar refractivity (Wildman–Crippen MR) is 172 cm³/mol. The van der Waals surface area contributed by atoms with Crippen LogP contribution in [0.25, 0.3) is 0 Å². The number of rotatable bonds is 10. The molecular formula is C38H38N2O2. The van der Waals surface area contributed by atoms with Crippen molar-refractivity contribution in [3.8, 4) is 5.75 Å². The molecule has 0 aliphatic rings. The number of aryl methyl sites for hydroxylation is 3. The fraction of sp³-hybridized carbons (Fsp3) is 0.184. The molecule has 0 aromatic heterocycles. The van der Waals surface area contributed by atoms with Crippen molar-refractivity contribution in [1.29, 1.82) is 0 Å². The van der Waals surface area contributed by atoms with Crippen molar-refractivity contribution >= 4 is 11.7 Å². The molecule has 1 unspecified atom stereocenters. The van der Waals surface area contributed by atoms with Gasteiger partial charge in [0.15, 0.2) is 0 Å². The largest absolute Gasteiger partial charge is 0.489 e. The molecule has 0 saturated heterocycles. The van der Waals surface area contributed by atoms with E-state index in [0.29, 0.717) is 19.6 Å². The highest BCUT2D eigenvalue weighted by molar-refractivity contribution is 5.90. The first kappa shape index (κ1) is 28.7. The summed E-state index contributed by atoms with van der Waals surface area (Å²) in [6.07, 6.45) is 0.678. The number of carbonyl (C=O) groups is 1. The molecule has 5 rings (SSSR count). The Morgan fingerprint density at radius 2 is 1.21 bits per heavy atom. The van der Waals surface area contributed by atoms with Crippen LogP contribution < -0.4 is 10.1 Å². The number of amides is 2. The molecule has 0 aliphatic carbocycles. The maximum atomic E-state index is 14.2. The van der Waals surface area contributed by atoms with E-state index in [1.165, 1.54) is 11.1 Å². The van der Waals surface area contributed by atoms with Gasteiger partial charge >= 0.3 is 6.03 Å². The van der Waals surface area contributed by atoms with Crippen LogP contribution in [-0.2, 0) is 19.6 Å². The molecule has 0 aliphatic heterocycles. The lowest BCUT2D eigenvalue weighted by molar-refractivity contribution is 0.183. The molecule has 1 N–H and O–H groups in total. The van der Waals surface area contributed by atoms with Gasteiger partial charge in [0.2, 0.25) is 0 Å². The van der Waals surface area contributed by atoms with E-state index in [1.807, 2.05) is 78.6 Å². The standard InChI is InChI=1S/C38H38N2O2/c1-28-23-30(3)36(24-29(28)2)39-38(41)40(26-32-15-9-5-10-16-32)37(25-31-13-7-4-8-14-31)34-19-21-35(22-20-34)42-27-33-17-11-6-12-18-33/h4-24,37H,25-27H2,1-3H3,(H,39,41). The van der Waals surface area contributed by atoms with Crippen molar-refractivity contribution in [2.24, 2.45) is 0 Å². The Morgan fingerprint density at radius 1 is 0.667 bits per heavy atom. The Labute approximate surface area is 249 Å². The molecule has 5 aromatic rings. The number of urea groups is 1. The van der Waals surface area contributed by atoms with Crippen molar-refractivity contribution in [3.63, 3.8) is 0 Å². The van der Waals surface area contributed by atoms with Crippen LogP contribution in [0.1, 0.15) is 45.0 Å². The minimum absolute atomic E-state index is 0.129. The normalized spacial score (nSPS) is 11.5. The number of benzene rings is 5. The van der Waals surface area contributed by atoms with Crippen molar-refractivity contribution in [1.82, 2.24) is 4.90 Å². The van der Waals surface area contributed by atoms with Gasteiger partial charge < -0.3 is 15.0 Å². The van der Waals surface area contributed by atoms with E-state index >= 15 is 0 Å². The molecular weight excluding hydrogens is 516 g/mol. The zero-order chi connectivity index (χ0) is 29.3.